The number of carbonyl (C=O) groups excluding carboxylic acids is 2. The number of hydrogen-bond donors (Lipinski definition) is 2. The molecule has 2 amide bonds. The molecule has 9 heteroatoms. The Morgan fingerprint density at radius 2 is 1.96 bits per heavy atom. The summed E-state index contributed by atoms with van der Waals surface area (Å²) in [5.74, 6) is -1.05. The SMILES string of the molecule is CCC[C@@H](C)NC(=O)COc1ccc(S(=O)(=O)N2CCCC2)cc1C(N)=O. The molecule has 1 heterocycles. The first kappa shape index (κ1) is 21.2. The minimum absolute atomic E-state index is 0.00781. The number of sulfonamides is 1. The van der Waals surface area contributed by atoms with Crippen molar-refractivity contribution >= 4 is 21.8 Å². The molecule has 2 rings (SSSR count). The lowest BCUT2D eigenvalue weighted by molar-refractivity contribution is -0.123. The summed E-state index contributed by atoms with van der Waals surface area (Å²) in [4.78, 5) is 23.7. The summed E-state index contributed by atoms with van der Waals surface area (Å²) < 4.78 is 32.1. The Balaban J connectivity index is 2.14. The average Bonchev–Trinajstić information content (AvgIpc) is 3.15. The van der Waals surface area contributed by atoms with Gasteiger partial charge in [0.15, 0.2) is 6.61 Å². The second-order valence-electron chi connectivity index (χ2n) is 6.68. The monoisotopic (exact) mass is 397 g/mol. The van der Waals surface area contributed by atoms with Crippen LogP contribution in [0.4, 0.5) is 0 Å². The van der Waals surface area contributed by atoms with E-state index in [4.69, 9.17) is 10.5 Å². The van der Waals surface area contributed by atoms with E-state index in [1.165, 1.54) is 22.5 Å². The molecular formula is C18H27N3O5S. The van der Waals surface area contributed by atoms with Crippen LogP contribution in [0.5, 0.6) is 5.75 Å². The van der Waals surface area contributed by atoms with Gasteiger partial charge in [-0.3, -0.25) is 9.59 Å². The fourth-order valence-electron chi connectivity index (χ4n) is 3.03. The molecule has 3 N–H and O–H groups in total. The molecule has 0 radical (unpaired) electrons. The summed E-state index contributed by atoms with van der Waals surface area (Å²) in [6.45, 7) is 4.56. The summed E-state index contributed by atoms with van der Waals surface area (Å²) in [5.41, 5.74) is 5.31. The van der Waals surface area contributed by atoms with E-state index in [0.29, 0.717) is 13.1 Å². The van der Waals surface area contributed by atoms with Crippen molar-refractivity contribution in [1.29, 1.82) is 0 Å². The van der Waals surface area contributed by atoms with Crippen molar-refractivity contribution in [3.05, 3.63) is 23.8 Å². The summed E-state index contributed by atoms with van der Waals surface area (Å²) in [7, 11) is -3.67. The Labute approximate surface area is 160 Å². The number of nitrogens with two attached hydrogens (primary N) is 1. The molecule has 0 spiro atoms. The predicted octanol–water partition coefficient (Wildman–Crippen LogP) is 1.25. The first-order chi connectivity index (χ1) is 12.8. The number of amides is 2. The molecule has 8 nitrogen and oxygen atoms in total. The third-order valence-electron chi connectivity index (χ3n) is 4.41. The number of primary amides is 1. The maximum absolute atomic E-state index is 12.6. The first-order valence-electron chi connectivity index (χ1n) is 9.12. The average molecular weight is 397 g/mol. The Morgan fingerprint density at radius 1 is 1.30 bits per heavy atom. The Bertz CT molecular complexity index is 788. The zero-order valence-electron chi connectivity index (χ0n) is 15.7. The molecule has 1 aliphatic rings. The molecule has 0 unspecified atom stereocenters. The van der Waals surface area contributed by atoms with Crippen LogP contribution in [0.15, 0.2) is 23.1 Å². The number of carbonyl (C=O) groups is 2. The minimum Gasteiger partial charge on any atom is -0.483 e. The quantitative estimate of drug-likeness (QED) is 0.650. The van der Waals surface area contributed by atoms with Gasteiger partial charge in [-0.25, -0.2) is 8.42 Å². The van der Waals surface area contributed by atoms with E-state index in [2.05, 4.69) is 5.32 Å². The van der Waals surface area contributed by atoms with E-state index in [-0.39, 0.29) is 34.8 Å². The van der Waals surface area contributed by atoms with Gasteiger partial charge in [0.2, 0.25) is 10.0 Å². The van der Waals surface area contributed by atoms with Crippen molar-refractivity contribution in [3.8, 4) is 5.75 Å². The number of hydrogen-bond acceptors (Lipinski definition) is 5. The van der Waals surface area contributed by atoms with E-state index in [1.54, 1.807) is 0 Å². The molecule has 1 aromatic carbocycles. The number of rotatable bonds is 9. The van der Waals surface area contributed by atoms with Gasteiger partial charge in [-0.15, -0.1) is 0 Å². The molecule has 0 saturated carbocycles. The van der Waals surface area contributed by atoms with Crippen molar-refractivity contribution in [2.75, 3.05) is 19.7 Å². The molecular weight excluding hydrogens is 370 g/mol. The van der Waals surface area contributed by atoms with Gasteiger partial charge in [0.25, 0.3) is 11.8 Å². The van der Waals surface area contributed by atoms with Crippen molar-refractivity contribution in [2.45, 2.75) is 50.5 Å². The van der Waals surface area contributed by atoms with E-state index in [9.17, 15) is 18.0 Å². The number of nitrogens with one attached hydrogen (secondary N) is 1. The van der Waals surface area contributed by atoms with Crippen LogP contribution in [-0.4, -0.2) is 50.3 Å². The van der Waals surface area contributed by atoms with E-state index in [1.807, 2.05) is 13.8 Å². The number of nitrogens with zero attached hydrogens (tertiary/aromatic N) is 1. The molecule has 1 atom stereocenters. The van der Waals surface area contributed by atoms with Gasteiger partial charge < -0.3 is 15.8 Å². The third-order valence-corrected chi connectivity index (χ3v) is 6.30. The lowest BCUT2D eigenvalue weighted by Gasteiger charge is -2.17. The van der Waals surface area contributed by atoms with Gasteiger partial charge in [-0.2, -0.15) is 4.31 Å². The van der Waals surface area contributed by atoms with Crippen LogP contribution in [0, 0.1) is 0 Å². The molecule has 150 valence electrons. The lowest BCUT2D eigenvalue weighted by Crippen LogP contribution is -2.36. The van der Waals surface area contributed by atoms with Gasteiger partial charge in [0, 0.05) is 19.1 Å². The van der Waals surface area contributed by atoms with Gasteiger partial charge in [-0.1, -0.05) is 13.3 Å². The van der Waals surface area contributed by atoms with Crippen molar-refractivity contribution < 1.29 is 22.7 Å². The summed E-state index contributed by atoms with van der Waals surface area (Å²) in [6.07, 6.45) is 3.42. The maximum atomic E-state index is 12.6. The van der Waals surface area contributed by atoms with Crippen LogP contribution >= 0.6 is 0 Å². The maximum Gasteiger partial charge on any atom is 0.258 e. The number of benzene rings is 1. The van der Waals surface area contributed by atoms with Crippen molar-refractivity contribution in [3.63, 3.8) is 0 Å². The fraction of sp³-hybridized carbons (Fsp3) is 0.556. The highest BCUT2D eigenvalue weighted by Crippen LogP contribution is 2.26. The van der Waals surface area contributed by atoms with Crippen LogP contribution < -0.4 is 15.8 Å². The first-order valence-corrected chi connectivity index (χ1v) is 10.6. The normalized spacial score (nSPS) is 16.1. The topological polar surface area (TPSA) is 119 Å². The van der Waals surface area contributed by atoms with Crippen LogP contribution in [0.2, 0.25) is 0 Å². The highest BCUT2D eigenvalue weighted by Gasteiger charge is 2.28. The Morgan fingerprint density at radius 3 is 2.56 bits per heavy atom. The predicted molar refractivity (Wildman–Crippen MR) is 101 cm³/mol. The molecule has 1 aromatic rings. The Kier molecular flexibility index (Phi) is 7.20. The highest BCUT2D eigenvalue weighted by atomic mass is 32.2. The van der Waals surface area contributed by atoms with E-state index >= 15 is 0 Å². The van der Waals surface area contributed by atoms with Gasteiger partial charge in [0.05, 0.1) is 10.5 Å². The second kappa shape index (κ2) is 9.18. The highest BCUT2D eigenvalue weighted by molar-refractivity contribution is 7.89. The van der Waals surface area contributed by atoms with E-state index < -0.39 is 15.9 Å². The summed E-state index contributed by atoms with van der Waals surface area (Å²) >= 11 is 0. The molecule has 0 aromatic heterocycles. The van der Waals surface area contributed by atoms with Crippen LogP contribution in [0.1, 0.15) is 49.9 Å². The van der Waals surface area contributed by atoms with Crippen LogP contribution in [-0.2, 0) is 14.8 Å². The van der Waals surface area contributed by atoms with Gasteiger partial charge in [0.1, 0.15) is 5.75 Å². The molecule has 1 saturated heterocycles. The molecule has 0 aliphatic carbocycles. The van der Waals surface area contributed by atoms with E-state index in [0.717, 1.165) is 25.7 Å². The zero-order valence-corrected chi connectivity index (χ0v) is 16.5. The fourth-order valence-corrected chi connectivity index (χ4v) is 4.57. The third kappa shape index (κ3) is 5.43. The molecule has 1 fully saturated rings. The second-order valence-corrected chi connectivity index (χ2v) is 8.62. The minimum atomic E-state index is -3.67. The van der Waals surface area contributed by atoms with Crippen molar-refractivity contribution in [1.82, 2.24) is 9.62 Å². The number of ether oxygens (including phenoxy) is 1. The Hall–Kier alpha value is -2.13. The lowest BCUT2D eigenvalue weighted by atomic mass is 10.2. The standard InChI is InChI=1S/C18H27N3O5S/c1-3-6-13(2)20-17(22)12-26-16-8-7-14(11-15(16)18(19)23)27(24,25)21-9-4-5-10-21/h7-8,11,13H,3-6,9-10,12H2,1-2H3,(H2,19,23)(H,20,22)/t13-/m1/s1. The molecule has 0 bridgehead atoms. The smallest absolute Gasteiger partial charge is 0.258 e. The van der Waals surface area contributed by atoms with Gasteiger partial charge >= 0.3 is 0 Å². The summed E-state index contributed by atoms with van der Waals surface area (Å²) in [5, 5.41) is 2.79. The summed E-state index contributed by atoms with van der Waals surface area (Å²) in [6, 6.07) is 3.97. The van der Waals surface area contributed by atoms with Crippen LogP contribution in [0.25, 0.3) is 0 Å². The van der Waals surface area contributed by atoms with Crippen molar-refractivity contribution in [2.24, 2.45) is 5.73 Å². The van der Waals surface area contributed by atoms with Crippen LogP contribution in [0.3, 0.4) is 0 Å². The molecule has 27 heavy (non-hydrogen) atoms. The molecule has 1 aliphatic heterocycles. The van der Waals surface area contributed by atoms with Gasteiger partial charge in [-0.05, 0) is 44.4 Å². The largest absolute Gasteiger partial charge is 0.483 e. The zero-order chi connectivity index (χ0) is 20.0.